The van der Waals surface area contributed by atoms with Crippen molar-refractivity contribution in [3.8, 4) is 0 Å². The highest BCUT2D eigenvalue weighted by molar-refractivity contribution is 8.00. The molecule has 2 atom stereocenters. The van der Waals surface area contributed by atoms with Gasteiger partial charge in [-0.05, 0) is 24.5 Å². The molecule has 0 unspecified atom stereocenters. The number of aliphatic carboxylic acids is 1. The standard InChI is InChI=1S/C15H25NO3S/c1-14(2)10(11(14)13(18)19)12(17)16-9-15(20-3)7-5-4-6-8-15/h10-11H,4-9H2,1-3H3,(H,16,17)(H,18,19)/t10-,11+/m1/s1. The van der Waals surface area contributed by atoms with Crippen molar-refractivity contribution in [1.82, 2.24) is 5.32 Å². The molecule has 0 saturated heterocycles. The highest BCUT2D eigenvalue weighted by Gasteiger charge is 2.65. The number of nitrogens with one attached hydrogen (secondary N) is 1. The monoisotopic (exact) mass is 299 g/mol. The van der Waals surface area contributed by atoms with E-state index in [9.17, 15) is 9.59 Å². The molecule has 0 aromatic heterocycles. The Bertz CT molecular complexity index is 402. The summed E-state index contributed by atoms with van der Waals surface area (Å²) in [4.78, 5) is 23.4. The Labute approximate surface area is 125 Å². The van der Waals surface area contributed by atoms with Crippen LogP contribution in [0.4, 0.5) is 0 Å². The van der Waals surface area contributed by atoms with Crippen LogP contribution in [0.5, 0.6) is 0 Å². The molecule has 0 spiro atoms. The van der Waals surface area contributed by atoms with Gasteiger partial charge in [0.1, 0.15) is 0 Å². The lowest BCUT2D eigenvalue weighted by molar-refractivity contribution is -0.140. The number of carbonyl (C=O) groups is 2. The van der Waals surface area contributed by atoms with Gasteiger partial charge in [0.25, 0.3) is 0 Å². The van der Waals surface area contributed by atoms with Gasteiger partial charge in [0.05, 0.1) is 11.8 Å². The Hall–Kier alpha value is -0.710. The Morgan fingerprint density at radius 2 is 1.80 bits per heavy atom. The number of carbonyl (C=O) groups excluding carboxylic acids is 1. The van der Waals surface area contributed by atoms with E-state index in [0.29, 0.717) is 6.54 Å². The van der Waals surface area contributed by atoms with E-state index >= 15 is 0 Å². The molecular weight excluding hydrogens is 274 g/mol. The van der Waals surface area contributed by atoms with Crippen molar-refractivity contribution < 1.29 is 14.7 Å². The van der Waals surface area contributed by atoms with Crippen molar-refractivity contribution in [3.63, 3.8) is 0 Å². The third-order valence-corrected chi connectivity index (χ3v) is 6.58. The number of amides is 1. The summed E-state index contributed by atoms with van der Waals surface area (Å²) in [6, 6.07) is 0. The van der Waals surface area contributed by atoms with Crippen LogP contribution in [0, 0.1) is 17.3 Å². The fourth-order valence-electron chi connectivity index (χ4n) is 3.60. The zero-order valence-corrected chi connectivity index (χ0v) is 13.4. The Morgan fingerprint density at radius 3 is 2.25 bits per heavy atom. The average Bonchev–Trinajstić information content (AvgIpc) is 3.00. The van der Waals surface area contributed by atoms with Crippen LogP contribution in [-0.4, -0.2) is 34.5 Å². The van der Waals surface area contributed by atoms with Crippen molar-refractivity contribution in [2.75, 3.05) is 12.8 Å². The van der Waals surface area contributed by atoms with Crippen molar-refractivity contribution in [2.24, 2.45) is 17.3 Å². The fourth-order valence-corrected chi connectivity index (χ4v) is 4.51. The van der Waals surface area contributed by atoms with E-state index in [1.807, 2.05) is 25.6 Å². The second-order valence-electron chi connectivity index (χ2n) is 6.78. The zero-order chi connectivity index (χ0) is 15.0. The van der Waals surface area contributed by atoms with Crippen LogP contribution in [0.25, 0.3) is 0 Å². The maximum absolute atomic E-state index is 12.3. The molecule has 0 aliphatic heterocycles. The van der Waals surface area contributed by atoms with Crippen LogP contribution < -0.4 is 5.32 Å². The first kappa shape index (κ1) is 15.7. The predicted molar refractivity (Wildman–Crippen MR) is 80.7 cm³/mol. The molecular formula is C15H25NO3S. The topological polar surface area (TPSA) is 66.4 Å². The highest BCUT2D eigenvalue weighted by atomic mass is 32.2. The van der Waals surface area contributed by atoms with E-state index in [1.54, 1.807) is 0 Å². The molecule has 0 radical (unpaired) electrons. The number of hydrogen-bond donors (Lipinski definition) is 2. The van der Waals surface area contributed by atoms with Gasteiger partial charge < -0.3 is 10.4 Å². The number of rotatable bonds is 5. The molecule has 114 valence electrons. The Kier molecular flexibility index (Phi) is 4.38. The first-order chi connectivity index (χ1) is 9.34. The summed E-state index contributed by atoms with van der Waals surface area (Å²) < 4.78 is 0.158. The molecule has 0 aromatic carbocycles. The minimum atomic E-state index is -0.854. The van der Waals surface area contributed by atoms with E-state index in [0.717, 1.165) is 12.8 Å². The van der Waals surface area contributed by atoms with Crippen molar-refractivity contribution in [2.45, 2.75) is 50.7 Å². The average molecular weight is 299 g/mol. The van der Waals surface area contributed by atoms with Crippen LogP contribution in [0.2, 0.25) is 0 Å². The largest absolute Gasteiger partial charge is 0.481 e. The Balaban J connectivity index is 1.91. The summed E-state index contributed by atoms with van der Waals surface area (Å²) in [6.07, 6.45) is 8.13. The molecule has 4 nitrogen and oxygen atoms in total. The molecule has 20 heavy (non-hydrogen) atoms. The lowest BCUT2D eigenvalue weighted by atomic mass is 9.88. The number of thioether (sulfide) groups is 1. The second-order valence-corrected chi connectivity index (χ2v) is 8.05. The third-order valence-electron chi connectivity index (χ3n) is 5.16. The van der Waals surface area contributed by atoms with Gasteiger partial charge in [0, 0.05) is 11.3 Å². The van der Waals surface area contributed by atoms with Crippen LogP contribution in [0.3, 0.4) is 0 Å². The van der Waals surface area contributed by atoms with E-state index in [-0.39, 0.29) is 16.6 Å². The molecule has 2 rings (SSSR count). The smallest absolute Gasteiger partial charge is 0.307 e. The van der Waals surface area contributed by atoms with Crippen molar-refractivity contribution in [1.29, 1.82) is 0 Å². The SMILES string of the molecule is CSC1(CNC(=O)[C@H]2[C@@H](C(=O)O)C2(C)C)CCCCC1. The van der Waals surface area contributed by atoms with Crippen LogP contribution in [0.15, 0.2) is 0 Å². The lowest BCUT2D eigenvalue weighted by Crippen LogP contribution is -2.42. The molecule has 5 heteroatoms. The number of carboxylic acid groups (broad SMARTS) is 1. The molecule has 0 heterocycles. The van der Waals surface area contributed by atoms with E-state index in [2.05, 4.69) is 11.6 Å². The maximum atomic E-state index is 12.3. The molecule has 2 aliphatic carbocycles. The zero-order valence-electron chi connectivity index (χ0n) is 12.6. The molecule has 2 saturated carbocycles. The minimum Gasteiger partial charge on any atom is -0.481 e. The predicted octanol–water partition coefficient (Wildman–Crippen LogP) is 2.53. The van der Waals surface area contributed by atoms with Crippen LogP contribution in [0.1, 0.15) is 46.0 Å². The van der Waals surface area contributed by atoms with Gasteiger partial charge in [0.2, 0.25) is 5.91 Å². The van der Waals surface area contributed by atoms with Crippen LogP contribution in [-0.2, 0) is 9.59 Å². The molecule has 2 N–H and O–H groups in total. The first-order valence-electron chi connectivity index (χ1n) is 7.40. The van der Waals surface area contributed by atoms with E-state index in [4.69, 9.17) is 5.11 Å². The van der Waals surface area contributed by atoms with Crippen LogP contribution >= 0.6 is 11.8 Å². The summed E-state index contributed by atoms with van der Waals surface area (Å²) in [5.41, 5.74) is -0.408. The molecule has 2 aliphatic rings. The number of hydrogen-bond acceptors (Lipinski definition) is 3. The lowest BCUT2D eigenvalue weighted by Gasteiger charge is -2.35. The van der Waals surface area contributed by atoms with Gasteiger partial charge in [-0.3, -0.25) is 9.59 Å². The summed E-state index contributed by atoms with van der Waals surface area (Å²) >= 11 is 1.84. The van der Waals surface area contributed by atoms with E-state index < -0.39 is 17.3 Å². The summed E-state index contributed by atoms with van der Waals surface area (Å²) in [6.45, 7) is 4.40. The third kappa shape index (κ3) is 2.83. The van der Waals surface area contributed by atoms with Crippen molar-refractivity contribution in [3.05, 3.63) is 0 Å². The summed E-state index contributed by atoms with van der Waals surface area (Å²) in [7, 11) is 0. The van der Waals surface area contributed by atoms with Gasteiger partial charge in [-0.1, -0.05) is 33.1 Å². The molecule has 1 amide bonds. The molecule has 0 aromatic rings. The summed E-state index contributed by atoms with van der Waals surface area (Å²) in [5, 5.41) is 12.2. The first-order valence-corrected chi connectivity index (χ1v) is 8.62. The maximum Gasteiger partial charge on any atom is 0.307 e. The number of carboxylic acids is 1. The quantitative estimate of drug-likeness (QED) is 0.818. The fraction of sp³-hybridized carbons (Fsp3) is 0.867. The summed E-state index contributed by atoms with van der Waals surface area (Å²) in [5.74, 6) is -1.84. The second kappa shape index (κ2) is 5.58. The van der Waals surface area contributed by atoms with Gasteiger partial charge in [-0.25, -0.2) is 0 Å². The van der Waals surface area contributed by atoms with Gasteiger partial charge in [-0.15, -0.1) is 0 Å². The van der Waals surface area contributed by atoms with Gasteiger partial charge >= 0.3 is 5.97 Å². The minimum absolute atomic E-state index is 0.0820. The molecule has 0 bridgehead atoms. The van der Waals surface area contributed by atoms with Crippen molar-refractivity contribution >= 4 is 23.6 Å². The highest BCUT2D eigenvalue weighted by Crippen LogP contribution is 2.58. The van der Waals surface area contributed by atoms with Gasteiger partial charge in [0.15, 0.2) is 0 Å². The Morgan fingerprint density at radius 1 is 1.20 bits per heavy atom. The molecule has 2 fully saturated rings. The van der Waals surface area contributed by atoms with Gasteiger partial charge in [-0.2, -0.15) is 11.8 Å². The normalized spacial score (nSPS) is 30.6. The van der Waals surface area contributed by atoms with E-state index in [1.165, 1.54) is 19.3 Å².